The minimum absolute atomic E-state index is 0.222. The lowest BCUT2D eigenvalue weighted by molar-refractivity contribution is 0.00464. The lowest BCUT2D eigenvalue weighted by Crippen LogP contribution is -2.53. The fraction of sp³-hybridized carbons (Fsp3) is 0.524. The largest absolute Gasteiger partial charge is 0.444 e. The number of carbonyl (C=O) groups is 1. The highest BCUT2D eigenvalue weighted by molar-refractivity contribution is 6.30. The predicted octanol–water partition coefficient (Wildman–Crippen LogP) is 4.75. The van der Waals surface area contributed by atoms with Gasteiger partial charge in [-0.2, -0.15) is 0 Å². The topological polar surface area (TPSA) is 58.8 Å². The van der Waals surface area contributed by atoms with Crippen molar-refractivity contribution in [2.24, 2.45) is 0 Å². The van der Waals surface area contributed by atoms with Gasteiger partial charge in [0.2, 0.25) is 0 Å². The maximum Gasteiger partial charge on any atom is 0.410 e. The van der Waals surface area contributed by atoms with Crippen LogP contribution in [-0.2, 0) is 4.74 Å². The van der Waals surface area contributed by atoms with Crippen LogP contribution in [0.3, 0.4) is 0 Å². The second-order valence-corrected chi connectivity index (χ2v) is 8.97. The number of ether oxygens (including phenoxy) is 1. The third kappa shape index (κ3) is 4.03. The van der Waals surface area contributed by atoms with Gasteiger partial charge in [0.05, 0.1) is 6.04 Å². The smallest absolute Gasteiger partial charge is 0.410 e. The third-order valence-electron chi connectivity index (χ3n) is 5.33. The van der Waals surface area contributed by atoms with E-state index in [0.29, 0.717) is 24.2 Å². The van der Waals surface area contributed by atoms with E-state index in [1.807, 2.05) is 56.0 Å². The standard InChI is InChI=1S/C21H26ClN3O3/c1-21(2,3)27-20(26)24-9-10-25-16(13-24)7-8-18(25)17-12-19(28-23-17)14-5-4-6-15(22)11-14/h4-6,11-12,16,18H,7-10,13H2,1-3H3/t16-,18+/m0/s1. The average molecular weight is 404 g/mol. The van der Waals surface area contributed by atoms with E-state index in [1.165, 1.54) is 0 Å². The first-order valence-corrected chi connectivity index (χ1v) is 10.1. The van der Waals surface area contributed by atoms with Gasteiger partial charge in [0.1, 0.15) is 11.3 Å². The van der Waals surface area contributed by atoms with E-state index in [2.05, 4.69) is 10.1 Å². The molecular formula is C21H26ClN3O3. The van der Waals surface area contributed by atoms with Crippen LogP contribution in [0.15, 0.2) is 34.9 Å². The van der Waals surface area contributed by atoms with E-state index >= 15 is 0 Å². The summed E-state index contributed by atoms with van der Waals surface area (Å²) in [6, 6.07) is 10.2. The Kier molecular flexibility index (Phi) is 5.10. The van der Waals surface area contributed by atoms with Crippen molar-refractivity contribution >= 4 is 17.7 Å². The van der Waals surface area contributed by atoms with E-state index in [-0.39, 0.29) is 12.1 Å². The van der Waals surface area contributed by atoms with Crippen LogP contribution in [0.1, 0.15) is 45.3 Å². The van der Waals surface area contributed by atoms with Gasteiger partial charge in [-0.3, -0.25) is 4.90 Å². The predicted molar refractivity (Wildman–Crippen MR) is 107 cm³/mol. The Morgan fingerprint density at radius 2 is 2.07 bits per heavy atom. The molecular weight excluding hydrogens is 378 g/mol. The quantitative estimate of drug-likeness (QED) is 0.724. The van der Waals surface area contributed by atoms with Crippen LogP contribution in [0.5, 0.6) is 0 Å². The zero-order valence-electron chi connectivity index (χ0n) is 16.5. The van der Waals surface area contributed by atoms with Gasteiger partial charge in [-0.1, -0.05) is 28.9 Å². The molecule has 0 radical (unpaired) electrons. The molecule has 0 saturated carbocycles. The molecule has 1 aromatic heterocycles. The van der Waals surface area contributed by atoms with Crippen molar-refractivity contribution in [2.75, 3.05) is 19.6 Å². The second kappa shape index (κ2) is 7.41. The molecule has 28 heavy (non-hydrogen) atoms. The molecule has 2 fully saturated rings. The first-order chi connectivity index (χ1) is 13.3. The molecule has 2 saturated heterocycles. The summed E-state index contributed by atoms with van der Waals surface area (Å²) >= 11 is 6.09. The van der Waals surface area contributed by atoms with Crippen molar-refractivity contribution in [1.29, 1.82) is 0 Å². The number of piperazine rings is 1. The van der Waals surface area contributed by atoms with Crippen molar-refractivity contribution in [3.8, 4) is 11.3 Å². The highest BCUT2D eigenvalue weighted by Crippen LogP contribution is 2.38. The fourth-order valence-electron chi connectivity index (χ4n) is 4.09. The molecule has 0 spiro atoms. The van der Waals surface area contributed by atoms with Gasteiger partial charge in [0, 0.05) is 42.3 Å². The third-order valence-corrected chi connectivity index (χ3v) is 5.57. The summed E-state index contributed by atoms with van der Waals surface area (Å²) in [5, 5.41) is 5.01. The Morgan fingerprint density at radius 3 is 2.82 bits per heavy atom. The summed E-state index contributed by atoms with van der Waals surface area (Å²) in [7, 11) is 0. The van der Waals surface area contributed by atoms with Crippen molar-refractivity contribution in [1.82, 2.24) is 15.0 Å². The number of fused-ring (bicyclic) bond motifs is 1. The molecule has 2 aliphatic rings. The van der Waals surface area contributed by atoms with Crippen LogP contribution in [0, 0.1) is 0 Å². The average Bonchev–Trinajstić information content (AvgIpc) is 3.26. The molecule has 2 aromatic rings. The van der Waals surface area contributed by atoms with Crippen LogP contribution in [0.4, 0.5) is 4.79 Å². The Labute approximate surface area is 170 Å². The molecule has 2 aliphatic heterocycles. The molecule has 2 atom stereocenters. The number of benzene rings is 1. The van der Waals surface area contributed by atoms with Gasteiger partial charge in [0.25, 0.3) is 0 Å². The Morgan fingerprint density at radius 1 is 1.25 bits per heavy atom. The highest BCUT2D eigenvalue weighted by Gasteiger charge is 2.41. The Bertz CT molecular complexity index is 861. The van der Waals surface area contributed by atoms with Gasteiger partial charge >= 0.3 is 6.09 Å². The zero-order valence-corrected chi connectivity index (χ0v) is 17.3. The maximum absolute atomic E-state index is 12.4. The number of halogens is 1. The number of nitrogens with zero attached hydrogens (tertiary/aromatic N) is 3. The van der Waals surface area contributed by atoms with Crippen LogP contribution in [0.25, 0.3) is 11.3 Å². The maximum atomic E-state index is 12.4. The van der Waals surface area contributed by atoms with Crippen LogP contribution in [0.2, 0.25) is 5.02 Å². The molecule has 1 amide bonds. The minimum atomic E-state index is -0.468. The molecule has 3 heterocycles. The van der Waals surface area contributed by atoms with E-state index < -0.39 is 5.60 Å². The van der Waals surface area contributed by atoms with Crippen LogP contribution >= 0.6 is 11.6 Å². The normalized spacial score (nSPS) is 22.9. The van der Waals surface area contributed by atoms with E-state index in [0.717, 1.165) is 36.4 Å². The minimum Gasteiger partial charge on any atom is -0.444 e. The van der Waals surface area contributed by atoms with Gasteiger partial charge in [0.15, 0.2) is 5.76 Å². The molecule has 7 heteroatoms. The molecule has 0 aliphatic carbocycles. The van der Waals surface area contributed by atoms with Crippen molar-refractivity contribution in [3.63, 3.8) is 0 Å². The van der Waals surface area contributed by atoms with Crippen LogP contribution < -0.4 is 0 Å². The first-order valence-electron chi connectivity index (χ1n) is 9.76. The Balaban J connectivity index is 1.44. The summed E-state index contributed by atoms with van der Waals surface area (Å²) in [5.74, 6) is 0.730. The number of aromatic nitrogens is 1. The summed E-state index contributed by atoms with van der Waals surface area (Å²) < 4.78 is 11.1. The van der Waals surface area contributed by atoms with E-state index in [9.17, 15) is 4.79 Å². The van der Waals surface area contributed by atoms with Crippen LogP contribution in [-0.4, -0.2) is 52.3 Å². The molecule has 6 nitrogen and oxygen atoms in total. The molecule has 1 aromatic carbocycles. The molecule has 150 valence electrons. The van der Waals surface area contributed by atoms with Crippen molar-refractivity contribution in [3.05, 3.63) is 41.0 Å². The first kappa shape index (κ1) is 19.3. The second-order valence-electron chi connectivity index (χ2n) is 8.54. The SMILES string of the molecule is CC(C)(C)OC(=O)N1CCN2[C@@H](CC[C@@H]2c2cc(-c3cccc(Cl)c3)on2)C1. The van der Waals surface area contributed by atoms with E-state index in [1.54, 1.807) is 0 Å². The monoisotopic (exact) mass is 403 g/mol. The lowest BCUT2D eigenvalue weighted by atomic mass is 10.1. The number of hydrogen-bond donors (Lipinski definition) is 0. The number of carbonyl (C=O) groups excluding carboxylic acids is 1. The van der Waals surface area contributed by atoms with Crippen molar-refractivity contribution < 1.29 is 14.1 Å². The van der Waals surface area contributed by atoms with Gasteiger partial charge < -0.3 is 14.2 Å². The van der Waals surface area contributed by atoms with Gasteiger partial charge in [-0.15, -0.1) is 0 Å². The van der Waals surface area contributed by atoms with Gasteiger partial charge in [-0.05, 0) is 45.7 Å². The number of hydrogen-bond acceptors (Lipinski definition) is 5. The lowest BCUT2D eigenvalue weighted by Gasteiger charge is -2.39. The molecule has 0 N–H and O–H groups in total. The highest BCUT2D eigenvalue weighted by atomic mass is 35.5. The van der Waals surface area contributed by atoms with Gasteiger partial charge in [-0.25, -0.2) is 4.79 Å². The molecule has 0 bridgehead atoms. The summed E-state index contributed by atoms with van der Waals surface area (Å²) in [6.07, 6.45) is 1.82. The molecule has 0 unspecified atom stereocenters. The summed E-state index contributed by atoms with van der Waals surface area (Å²) in [4.78, 5) is 16.7. The summed E-state index contributed by atoms with van der Waals surface area (Å²) in [5.41, 5.74) is 1.41. The van der Waals surface area contributed by atoms with Crippen molar-refractivity contribution in [2.45, 2.75) is 51.3 Å². The summed E-state index contributed by atoms with van der Waals surface area (Å²) in [6.45, 7) is 7.87. The number of amides is 1. The Hall–Kier alpha value is -2.05. The molecule has 4 rings (SSSR count). The zero-order chi connectivity index (χ0) is 19.9. The van der Waals surface area contributed by atoms with E-state index in [4.69, 9.17) is 20.9 Å². The number of rotatable bonds is 2. The fourth-order valence-corrected chi connectivity index (χ4v) is 4.28.